The molecule has 0 aliphatic heterocycles. The van der Waals surface area contributed by atoms with Crippen LogP contribution in [0.15, 0.2) is 30.3 Å². The summed E-state index contributed by atoms with van der Waals surface area (Å²) in [7, 11) is 0. The van der Waals surface area contributed by atoms with Crippen LogP contribution in [0.4, 0.5) is 4.79 Å². The van der Waals surface area contributed by atoms with Gasteiger partial charge in [0.05, 0.1) is 6.61 Å². The van der Waals surface area contributed by atoms with Gasteiger partial charge in [0.25, 0.3) is 0 Å². The van der Waals surface area contributed by atoms with Gasteiger partial charge in [0.1, 0.15) is 18.8 Å². The van der Waals surface area contributed by atoms with Crippen LogP contribution in [0, 0.1) is 0 Å². The van der Waals surface area contributed by atoms with Gasteiger partial charge in [-0.3, -0.25) is 4.79 Å². The highest BCUT2D eigenvalue weighted by molar-refractivity contribution is 5.76. The van der Waals surface area contributed by atoms with E-state index < -0.39 is 24.3 Å². The third kappa shape index (κ3) is 5.27. The Bertz CT molecular complexity index is 434. The Labute approximate surface area is 117 Å². The van der Waals surface area contributed by atoms with Crippen LogP contribution in [0.3, 0.4) is 0 Å². The lowest BCUT2D eigenvalue weighted by Gasteiger charge is -2.18. The van der Waals surface area contributed by atoms with Crippen molar-refractivity contribution in [1.29, 1.82) is 0 Å². The molecular formula is C14H19NO5. The average molecular weight is 281 g/mol. The predicted molar refractivity (Wildman–Crippen MR) is 71.8 cm³/mol. The summed E-state index contributed by atoms with van der Waals surface area (Å²) in [6.07, 6.45) is -1.68. The van der Waals surface area contributed by atoms with Crippen LogP contribution < -0.4 is 5.73 Å². The number of ether oxygens (including phenoxy) is 3. The summed E-state index contributed by atoms with van der Waals surface area (Å²) in [5, 5.41) is 0. The number of benzene rings is 1. The van der Waals surface area contributed by atoms with E-state index in [-0.39, 0.29) is 13.2 Å². The number of hydrogen-bond acceptors (Lipinski definition) is 6. The van der Waals surface area contributed by atoms with Crippen LogP contribution in [0.25, 0.3) is 0 Å². The maximum atomic E-state index is 11.7. The Morgan fingerprint density at radius 2 is 1.85 bits per heavy atom. The minimum Gasteiger partial charge on any atom is -0.460 e. The maximum absolute atomic E-state index is 11.7. The molecule has 0 aliphatic carbocycles. The first kappa shape index (κ1) is 16.0. The van der Waals surface area contributed by atoms with Gasteiger partial charge in [0.15, 0.2) is 0 Å². The second kappa shape index (κ2) is 8.16. The molecule has 1 rings (SSSR count). The molecular weight excluding hydrogens is 262 g/mol. The summed E-state index contributed by atoms with van der Waals surface area (Å²) in [4.78, 5) is 22.8. The number of carbonyl (C=O) groups is 2. The molecule has 6 heteroatoms. The molecule has 2 N–H and O–H groups in total. The largest absolute Gasteiger partial charge is 0.508 e. The zero-order valence-electron chi connectivity index (χ0n) is 11.6. The smallest absolute Gasteiger partial charge is 0.460 e. The van der Waals surface area contributed by atoms with Gasteiger partial charge in [0, 0.05) is 0 Å². The van der Waals surface area contributed by atoms with Crippen molar-refractivity contribution in [2.45, 2.75) is 32.6 Å². The molecule has 0 radical (unpaired) electrons. The summed E-state index contributed by atoms with van der Waals surface area (Å²) in [5.74, 6) is -0.634. The number of rotatable bonds is 6. The summed E-state index contributed by atoms with van der Waals surface area (Å²) in [5.41, 5.74) is 6.52. The topological polar surface area (TPSA) is 87.9 Å². The van der Waals surface area contributed by atoms with E-state index in [2.05, 4.69) is 4.74 Å². The second-order valence-corrected chi connectivity index (χ2v) is 4.13. The molecule has 20 heavy (non-hydrogen) atoms. The number of nitrogens with two attached hydrogens (primary N) is 1. The molecule has 0 saturated heterocycles. The number of esters is 1. The molecule has 0 saturated carbocycles. The predicted octanol–water partition coefficient (Wildman–Crippen LogP) is 1.62. The zero-order valence-corrected chi connectivity index (χ0v) is 11.6. The van der Waals surface area contributed by atoms with Crippen molar-refractivity contribution >= 4 is 12.1 Å². The van der Waals surface area contributed by atoms with Gasteiger partial charge in [0.2, 0.25) is 0 Å². The lowest BCUT2D eigenvalue weighted by Crippen LogP contribution is -2.43. The van der Waals surface area contributed by atoms with E-state index in [1.54, 1.807) is 6.92 Å². The highest BCUT2D eigenvalue weighted by Crippen LogP contribution is 2.05. The van der Waals surface area contributed by atoms with E-state index in [0.717, 1.165) is 5.56 Å². The highest BCUT2D eigenvalue weighted by atomic mass is 16.7. The fraction of sp³-hybridized carbons (Fsp3) is 0.429. The van der Waals surface area contributed by atoms with Crippen molar-refractivity contribution in [1.82, 2.24) is 0 Å². The van der Waals surface area contributed by atoms with Crippen molar-refractivity contribution in [3.05, 3.63) is 35.9 Å². The number of carbonyl (C=O) groups excluding carboxylic acids is 2. The lowest BCUT2D eigenvalue weighted by atomic mass is 10.2. The summed E-state index contributed by atoms with van der Waals surface area (Å²) >= 11 is 0. The fourth-order valence-electron chi connectivity index (χ4n) is 1.39. The number of hydrogen-bond donors (Lipinski definition) is 1. The van der Waals surface area contributed by atoms with E-state index in [0.29, 0.717) is 0 Å². The molecule has 0 aliphatic rings. The molecule has 1 unspecified atom stereocenters. The van der Waals surface area contributed by atoms with Crippen molar-refractivity contribution in [2.75, 3.05) is 6.61 Å². The molecule has 0 heterocycles. The van der Waals surface area contributed by atoms with E-state index in [4.69, 9.17) is 15.2 Å². The van der Waals surface area contributed by atoms with Crippen molar-refractivity contribution in [3.63, 3.8) is 0 Å². The summed E-state index contributed by atoms with van der Waals surface area (Å²) in [6.45, 7) is 3.48. The van der Waals surface area contributed by atoms with Crippen LogP contribution in [0.5, 0.6) is 0 Å². The average Bonchev–Trinajstić information content (AvgIpc) is 2.45. The monoisotopic (exact) mass is 281 g/mol. The SMILES string of the molecule is CCOC(=O)OC(C)[C@H](N)C(=O)OCc1ccccc1. The van der Waals surface area contributed by atoms with Crippen molar-refractivity contribution in [3.8, 4) is 0 Å². The molecule has 0 amide bonds. The fourth-order valence-corrected chi connectivity index (χ4v) is 1.39. The second-order valence-electron chi connectivity index (χ2n) is 4.13. The normalized spacial score (nSPS) is 13.2. The molecule has 1 aromatic carbocycles. The van der Waals surface area contributed by atoms with Crippen LogP contribution >= 0.6 is 0 Å². The molecule has 0 fully saturated rings. The van der Waals surface area contributed by atoms with Gasteiger partial charge in [-0.1, -0.05) is 30.3 Å². The van der Waals surface area contributed by atoms with Gasteiger partial charge in [-0.15, -0.1) is 0 Å². The molecule has 110 valence electrons. The van der Waals surface area contributed by atoms with Crippen molar-refractivity contribution in [2.24, 2.45) is 5.73 Å². The molecule has 2 atom stereocenters. The van der Waals surface area contributed by atoms with Gasteiger partial charge in [-0.25, -0.2) is 4.79 Å². The van der Waals surface area contributed by atoms with Gasteiger partial charge in [-0.2, -0.15) is 0 Å². The Morgan fingerprint density at radius 1 is 1.20 bits per heavy atom. The van der Waals surface area contributed by atoms with E-state index >= 15 is 0 Å². The Balaban J connectivity index is 2.40. The van der Waals surface area contributed by atoms with Gasteiger partial charge < -0.3 is 19.9 Å². The Morgan fingerprint density at radius 3 is 2.45 bits per heavy atom. The van der Waals surface area contributed by atoms with Crippen LogP contribution in [0.1, 0.15) is 19.4 Å². The molecule has 0 spiro atoms. The Kier molecular flexibility index (Phi) is 6.52. The first-order valence-corrected chi connectivity index (χ1v) is 6.34. The minimum absolute atomic E-state index is 0.125. The van der Waals surface area contributed by atoms with Crippen molar-refractivity contribution < 1.29 is 23.8 Å². The summed E-state index contributed by atoms with van der Waals surface area (Å²) < 4.78 is 14.5. The third-order valence-corrected chi connectivity index (χ3v) is 2.55. The zero-order chi connectivity index (χ0) is 15.0. The van der Waals surface area contributed by atoms with Crippen LogP contribution in [-0.4, -0.2) is 30.9 Å². The molecule has 0 bridgehead atoms. The highest BCUT2D eigenvalue weighted by Gasteiger charge is 2.26. The van der Waals surface area contributed by atoms with Gasteiger partial charge >= 0.3 is 12.1 Å². The standard InChI is InChI=1S/C14H19NO5/c1-3-18-14(17)20-10(2)12(15)13(16)19-9-11-7-5-4-6-8-11/h4-8,10,12H,3,9,15H2,1-2H3/t10?,12-/m0/s1. The lowest BCUT2D eigenvalue weighted by molar-refractivity contribution is -0.149. The molecule has 6 nitrogen and oxygen atoms in total. The van der Waals surface area contributed by atoms with E-state index in [1.807, 2.05) is 30.3 Å². The minimum atomic E-state index is -1.05. The first-order valence-electron chi connectivity index (χ1n) is 6.34. The van der Waals surface area contributed by atoms with Gasteiger partial charge in [-0.05, 0) is 19.4 Å². The van der Waals surface area contributed by atoms with Crippen LogP contribution in [0.2, 0.25) is 0 Å². The maximum Gasteiger partial charge on any atom is 0.508 e. The summed E-state index contributed by atoms with van der Waals surface area (Å²) in [6, 6.07) is 8.16. The molecule has 0 aromatic heterocycles. The third-order valence-electron chi connectivity index (χ3n) is 2.55. The molecule has 1 aromatic rings. The van der Waals surface area contributed by atoms with Crippen LogP contribution in [-0.2, 0) is 25.6 Å². The van der Waals surface area contributed by atoms with E-state index in [9.17, 15) is 9.59 Å². The van der Waals surface area contributed by atoms with E-state index in [1.165, 1.54) is 6.92 Å². The Hall–Kier alpha value is -2.08. The quantitative estimate of drug-likeness (QED) is 0.797. The first-order chi connectivity index (χ1) is 9.54.